The SMILES string of the molecule is CCOc1c(I)cc(C2C3=C(CC(C)(C)CC3=O)N(CCC(=O)O)C3=C2C(=O)CC(C)(C)C3)cc1OC. The quantitative estimate of drug-likeness (QED) is 0.382. The molecule has 0 spiro atoms. The zero-order valence-electron chi connectivity index (χ0n) is 22.5. The number of nitrogens with zero attached hydrogens (tertiary/aromatic N) is 1. The lowest BCUT2D eigenvalue weighted by atomic mass is 9.63. The number of methoxy groups -OCH3 is 1. The van der Waals surface area contributed by atoms with Crippen molar-refractivity contribution in [1.82, 2.24) is 4.90 Å². The maximum atomic E-state index is 13.8. The second kappa shape index (κ2) is 10.1. The normalized spacial score (nSPS) is 21.1. The van der Waals surface area contributed by atoms with Gasteiger partial charge in [0.25, 0.3) is 0 Å². The maximum absolute atomic E-state index is 13.8. The fourth-order valence-electron chi connectivity index (χ4n) is 6.05. The third-order valence-corrected chi connectivity index (χ3v) is 8.25. The van der Waals surface area contributed by atoms with E-state index in [0.29, 0.717) is 54.9 Å². The summed E-state index contributed by atoms with van der Waals surface area (Å²) in [6.07, 6.45) is 1.96. The van der Waals surface area contributed by atoms with Crippen molar-refractivity contribution in [2.24, 2.45) is 10.8 Å². The predicted octanol–water partition coefficient (Wildman–Crippen LogP) is 5.86. The second-order valence-corrected chi connectivity index (χ2v) is 13.0. The number of carbonyl (C=O) groups excluding carboxylic acids is 2. The first-order valence-electron chi connectivity index (χ1n) is 12.8. The molecular weight excluding hydrogens is 585 g/mol. The van der Waals surface area contributed by atoms with E-state index in [9.17, 15) is 19.5 Å². The number of ether oxygens (including phenoxy) is 2. The second-order valence-electron chi connectivity index (χ2n) is 11.8. The van der Waals surface area contributed by atoms with Gasteiger partial charge in [-0.3, -0.25) is 14.4 Å². The van der Waals surface area contributed by atoms with E-state index in [1.807, 2.05) is 24.0 Å². The van der Waals surface area contributed by atoms with Crippen LogP contribution in [0.2, 0.25) is 0 Å². The summed E-state index contributed by atoms with van der Waals surface area (Å²) in [6, 6.07) is 3.88. The minimum Gasteiger partial charge on any atom is -0.493 e. The van der Waals surface area contributed by atoms with Crippen molar-refractivity contribution >= 4 is 40.1 Å². The third-order valence-electron chi connectivity index (χ3n) is 7.44. The van der Waals surface area contributed by atoms with Crippen LogP contribution in [0.25, 0.3) is 0 Å². The highest BCUT2D eigenvalue weighted by atomic mass is 127. The summed E-state index contributed by atoms with van der Waals surface area (Å²) < 4.78 is 12.4. The number of carboxylic acid groups (broad SMARTS) is 1. The van der Waals surface area contributed by atoms with Crippen LogP contribution in [0.1, 0.15) is 78.2 Å². The van der Waals surface area contributed by atoms with Crippen molar-refractivity contribution in [3.8, 4) is 11.5 Å². The van der Waals surface area contributed by atoms with Gasteiger partial charge in [-0.05, 0) is 70.9 Å². The summed E-state index contributed by atoms with van der Waals surface area (Å²) >= 11 is 2.21. The van der Waals surface area contributed by atoms with Gasteiger partial charge in [0, 0.05) is 47.8 Å². The van der Waals surface area contributed by atoms with Crippen molar-refractivity contribution < 1.29 is 29.0 Å². The van der Waals surface area contributed by atoms with Gasteiger partial charge in [0.1, 0.15) is 0 Å². The minimum absolute atomic E-state index is 0.0172. The lowest BCUT2D eigenvalue weighted by Crippen LogP contribution is -2.45. The van der Waals surface area contributed by atoms with Crippen LogP contribution in [0.15, 0.2) is 34.7 Å². The number of carbonyl (C=O) groups is 3. The monoisotopic (exact) mass is 621 g/mol. The van der Waals surface area contributed by atoms with E-state index in [-0.39, 0.29) is 35.4 Å². The Morgan fingerprint density at radius 2 is 1.57 bits per heavy atom. The van der Waals surface area contributed by atoms with Gasteiger partial charge in [-0.15, -0.1) is 0 Å². The van der Waals surface area contributed by atoms with Crippen LogP contribution in [0.3, 0.4) is 0 Å². The van der Waals surface area contributed by atoms with Crippen molar-refractivity contribution in [3.05, 3.63) is 43.8 Å². The molecule has 0 fully saturated rings. The van der Waals surface area contributed by atoms with E-state index in [1.165, 1.54) is 0 Å². The number of halogens is 1. The van der Waals surface area contributed by atoms with Crippen LogP contribution in [0.4, 0.5) is 0 Å². The number of allylic oxidation sites excluding steroid dienone is 4. The van der Waals surface area contributed by atoms with E-state index < -0.39 is 11.9 Å². The van der Waals surface area contributed by atoms with Gasteiger partial charge >= 0.3 is 5.97 Å². The fraction of sp³-hybridized carbons (Fsp3) is 0.552. The van der Waals surface area contributed by atoms with Crippen molar-refractivity contribution in [2.45, 2.75) is 72.6 Å². The fourth-order valence-corrected chi connectivity index (χ4v) is 6.83. The largest absolute Gasteiger partial charge is 0.493 e. The molecule has 1 aliphatic heterocycles. The average molecular weight is 622 g/mol. The Labute approximate surface area is 232 Å². The smallest absolute Gasteiger partial charge is 0.305 e. The number of aliphatic carboxylic acids is 1. The molecule has 1 heterocycles. The maximum Gasteiger partial charge on any atom is 0.305 e. The van der Waals surface area contributed by atoms with Crippen LogP contribution in [-0.4, -0.2) is 47.8 Å². The summed E-state index contributed by atoms with van der Waals surface area (Å²) in [7, 11) is 1.59. The van der Waals surface area contributed by atoms with E-state index in [4.69, 9.17) is 9.47 Å². The highest BCUT2D eigenvalue weighted by molar-refractivity contribution is 14.1. The molecule has 0 bridgehead atoms. The zero-order valence-corrected chi connectivity index (χ0v) is 24.7. The lowest BCUT2D eigenvalue weighted by molar-refractivity contribution is -0.137. The van der Waals surface area contributed by atoms with Crippen molar-refractivity contribution in [3.63, 3.8) is 0 Å². The molecule has 4 rings (SSSR count). The number of ketones is 2. The Morgan fingerprint density at radius 3 is 2.03 bits per heavy atom. The molecule has 1 aromatic rings. The van der Waals surface area contributed by atoms with Gasteiger partial charge in [-0.25, -0.2) is 0 Å². The number of carboxylic acids is 1. The molecule has 0 saturated carbocycles. The third kappa shape index (κ3) is 5.31. The molecule has 0 amide bonds. The van der Waals surface area contributed by atoms with E-state index in [0.717, 1.165) is 20.5 Å². The molecule has 0 radical (unpaired) electrons. The summed E-state index contributed by atoms with van der Waals surface area (Å²) in [6.45, 7) is 10.9. The number of rotatable bonds is 7. The molecule has 7 nitrogen and oxygen atoms in total. The zero-order chi connectivity index (χ0) is 27.3. The molecule has 1 aromatic carbocycles. The molecular formula is C29H36INO6. The Kier molecular flexibility index (Phi) is 7.53. The molecule has 0 aromatic heterocycles. The van der Waals surface area contributed by atoms with Gasteiger partial charge in [0.2, 0.25) is 0 Å². The molecule has 3 aliphatic rings. The summed E-state index contributed by atoms with van der Waals surface area (Å²) in [5.74, 6) is -0.180. The van der Waals surface area contributed by atoms with Crippen LogP contribution in [0.5, 0.6) is 11.5 Å². The van der Waals surface area contributed by atoms with E-state index in [2.05, 4.69) is 50.3 Å². The summed E-state index contributed by atoms with van der Waals surface area (Å²) in [4.78, 5) is 41.3. The molecule has 2 aliphatic carbocycles. The highest BCUT2D eigenvalue weighted by Gasteiger charge is 2.49. The Balaban J connectivity index is 2.00. The standard InChI is InChI=1S/C29H36INO6/c1-7-37-27-17(30)10-16(11-22(27)36-6)24-25-18(12-28(2,3)14-20(25)32)31(9-8-23(34)35)19-13-29(4,5)15-21(33)26(19)24/h10-11,24H,7-9,12-15H2,1-6H3,(H,34,35). The van der Waals surface area contributed by atoms with Gasteiger partial charge in [0.05, 0.1) is 23.7 Å². The van der Waals surface area contributed by atoms with E-state index >= 15 is 0 Å². The first kappa shape index (κ1) is 27.7. The number of hydrogen-bond donors (Lipinski definition) is 1. The molecule has 0 saturated heterocycles. The number of hydrogen-bond acceptors (Lipinski definition) is 6. The Bertz CT molecular complexity index is 1170. The van der Waals surface area contributed by atoms with Crippen molar-refractivity contribution in [2.75, 3.05) is 20.3 Å². The lowest BCUT2D eigenvalue weighted by Gasteiger charge is -2.49. The van der Waals surface area contributed by atoms with E-state index in [1.54, 1.807) is 7.11 Å². The average Bonchev–Trinajstić information content (AvgIpc) is 2.76. The summed E-state index contributed by atoms with van der Waals surface area (Å²) in [5, 5.41) is 9.51. The number of Topliss-reactive ketones (excluding diaryl/α,β-unsaturated/α-hetero) is 2. The number of benzene rings is 1. The molecule has 1 N–H and O–H groups in total. The van der Waals surface area contributed by atoms with Crippen LogP contribution in [-0.2, 0) is 14.4 Å². The first-order chi connectivity index (χ1) is 17.3. The van der Waals surface area contributed by atoms with Crippen LogP contribution in [0, 0.1) is 14.4 Å². The van der Waals surface area contributed by atoms with Crippen LogP contribution >= 0.6 is 22.6 Å². The van der Waals surface area contributed by atoms with Gasteiger partial charge in [0.15, 0.2) is 23.1 Å². The van der Waals surface area contributed by atoms with Crippen molar-refractivity contribution in [1.29, 1.82) is 0 Å². The molecule has 200 valence electrons. The van der Waals surface area contributed by atoms with Crippen LogP contribution < -0.4 is 9.47 Å². The molecule has 37 heavy (non-hydrogen) atoms. The predicted molar refractivity (Wildman–Crippen MR) is 149 cm³/mol. The Morgan fingerprint density at radius 1 is 1.03 bits per heavy atom. The molecule has 0 unspecified atom stereocenters. The topological polar surface area (TPSA) is 93.1 Å². The summed E-state index contributed by atoms with van der Waals surface area (Å²) in [5.41, 5.74) is 3.26. The van der Waals surface area contributed by atoms with Gasteiger partial charge < -0.3 is 19.5 Å². The van der Waals surface area contributed by atoms with Gasteiger partial charge in [-0.2, -0.15) is 0 Å². The van der Waals surface area contributed by atoms with Gasteiger partial charge in [-0.1, -0.05) is 27.7 Å². The minimum atomic E-state index is -0.903. The first-order valence-corrected chi connectivity index (χ1v) is 13.9. The highest BCUT2D eigenvalue weighted by Crippen LogP contribution is 2.55. The Hall–Kier alpha value is -2.36. The molecule has 8 heteroatoms. The molecule has 0 atom stereocenters.